The Morgan fingerprint density at radius 1 is 1.47 bits per heavy atom. The van der Waals surface area contributed by atoms with E-state index in [0.29, 0.717) is 29.8 Å². The Morgan fingerprint density at radius 3 is 2.74 bits per heavy atom. The Labute approximate surface area is 119 Å². The Kier molecular flexibility index (Phi) is 5.00. The third-order valence-electron chi connectivity index (χ3n) is 3.64. The molecule has 0 bridgehead atoms. The molecule has 0 aromatic carbocycles. The number of hydrogen-bond acceptors (Lipinski definition) is 4. The number of thiophene rings is 1. The monoisotopic (exact) mass is 302 g/mol. The average Bonchev–Trinajstić information content (AvgIpc) is 2.77. The molecule has 108 valence electrons. The molecule has 1 aromatic heterocycles. The van der Waals surface area contributed by atoms with Crippen LogP contribution in [0.4, 0.5) is 0 Å². The van der Waals surface area contributed by atoms with Crippen LogP contribution < -0.4 is 5.32 Å². The minimum absolute atomic E-state index is 0.471. The van der Waals surface area contributed by atoms with Crippen molar-refractivity contribution in [3.63, 3.8) is 0 Å². The molecule has 0 aliphatic heterocycles. The lowest BCUT2D eigenvalue weighted by Gasteiger charge is -2.30. The summed E-state index contributed by atoms with van der Waals surface area (Å²) < 4.78 is 27.2. The molecule has 0 spiro atoms. The van der Waals surface area contributed by atoms with E-state index >= 15 is 0 Å². The highest BCUT2D eigenvalue weighted by Crippen LogP contribution is 2.30. The van der Waals surface area contributed by atoms with Crippen LogP contribution >= 0.6 is 11.3 Å². The zero-order valence-corrected chi connectivity index (χ0v) is 13.2. The number of nitrogens with zero attached hydrogens (tertiary/aromatic N) is 1. The van der Waals surface area contributed by atoms with Crippen LogP contribution in [0, 0.1) is 5.92 Å². The maximum Gasteiger partial charge on any atom is 0.252 e. The minimum Gasteiger partial charge on any atom is -0.316 e. The van der Waals surface area contributed by atoms with Gasteiger partial charge in [-0.25, -0.2) is 8.42 Å². The molecule has 1 aromatic rings. The van der Waals surface area contributed by atoms with Crippen LogP contribution in [0.3, 0.4) is 0 Å². The van der Waals surface area contributed by atoms with Crippen LogP contribution in [-0.4, -0.2) is 32.9 Å². The molecule has 19 heavy (non-hydrogen) atoms. The maximum atomic E-state index is 12.6. The Morgan fingerprint density at radius 2 is 2.21 bits per heavy atom. The van der Waals surface area contributed by atoms with Gasteiger partial charge in [0.25, 0.3) is 10.0 Å². The quantitative estimate of drug-likeness (QED) is 0.840. The van der Waals surface area contributed by atoms with Crippen molar-refractivity contribution in [2.24, 2.45) is 5.92 Å². The van der Waals surface area contributed by atoms with Gasteiger partial charge in [0.15, 0.2) is 0 Å². The van der Waals surface area contributed by atoms with Gasteiger partial charge < -0.3 is 5.32 Å². The molecule has 1 aliphatic carbocycles. The summed E-state index contributed by atoms with van der Waals surface area (Å²) in [5.74, 6) is 0.562. The Hall–Kier alpha value is -0.430. The average molecular weight is 302 g/mol. The number of nitrogens with one attached hydrogen (secondary N) is 1. The van der Waals surface area contributed by atoms with Gasteiger partial charge in [0.2, 0.25) is 0 Å². The summed E-state index contributed by atoms with van der Waals surface area (Å²) in [5.41, 5.74) is 1.03. The van der Waals surface area contributed by atoms with E-state index in [9.17, 15) is 8.42 Å². The smallest absolute Gasteiger partial charge is 0.252 e. The van der Waals surface area contributed by atoms with Gasteiger partial charge in [-0.3, -0.25) is 0 Å². The van der Waals surface area contributed by atoms with E-state index in [1.807, 2.05) is 19.4 Å². The van der Waals surface area contributed by atoms with Gasteiger partial charge in [-0.15, -0.1) is 11.3 Å². The van der Waals surface area contributed by atoms with E-state index in [1.54, 1.807) is 10.4 Å². The summed E-state index contributed by atoms with van der Waals surface area (Å²) in [6.07, 6.45) is 3.58. The van der Waals surface area contributed by atoms with Crippen molar-refractivity contribution >= 4 is 21.4 Å². The van der Waals surface area contributed by atoms with Crippen molar-refractivity contribution in [1.29, 1.82) is 0 Å². The van der Waals surface area contributed by atoms with Crippen LogP contribution in [0.2, 0.25) is 0 Å². The molecule has 4 nitrogen and oxygen atoms in total. The van der Waals surface area contributed by atoms with Crippen LogP contribution in [0.5, 0.6) is 0 Å². The normalized spacial score (nSPS) is 16.8. The summed E-state index contributed by atoms with van der Waals surface area (Å²) in [7, 11) is -1.43. The minimum atomic E-state index is -3.30. The first-order chi connectivity index (χ1) is 9.07. The number of sulfonamides is 1. The fourth-order valence-corrected chi connectivity index (χ4v) is 5.16. The molecule has 0 unspecified atom stereocenters. The molecule has 1 saturated carbocycles. The molecule has 0 saturated heterocycles. The molecule has 6 heteroatoms. The van der Waals surface area contributed by atoms with Gasteiger partial charge in [0, 0.05) is 19.6 Å². The van der Waals surface area contributed by atoms with Crippen molar-refractivity contribution in [3.05, 3.63) is 17.0 Å². The highest BCUT2D eigenvalue weighted by atomic mass is 32.2. The summed E-state index contributed by atoms with van der Waals surface area (Å²) in [6, 6.07) is 1.79. The Balaban J connectivity index is 2.13. The third kappa shape index (κ3) is 3.37. The van der Waals surface area contributed by atoms with Gasteiger partial charge >= 0.3 is 0 Å². The van der Waals surface area contributed by atoms with Gasteiger partial charge in [-0.05, 0) is 42.8 Å². The van der Waals surface area contributed by atoms with Crippen LogP contribution in [0.25, 0.3) is 0 Å². The predicted octanol–water partition coefficient (Wildman–Crippen LogP) is 2.28. The standard InChI is InChI=1S/C13H22N2O2S2/c1-3-15(9-11-5-4-6-11)19(16,17)13-7-12(8-14-2)10-18-13/h7,10-11,14H,3-6,8-9H2,1-2H3. The summed E-state index contributed by atoms with van der Waals surface area (Å²) in [5, 5.41) is 4.96. The van der Waals surface area contributed by atoms with Crippen LogP contribution in [0.1, 0.15) is 31.7 Å². The third-order valence-corrected chi connectivity index (χ3v) is 7.05. The molecule has 1 N–H and O–H groups in total. The molecule has 1 aliphatic rings. The van der Waals surface area contributed by atoms with Gasteiger partial charge in [0.1, 0.15) is 4.21 Å². The van der Waals surface area contributed by atoms with Crippen LogP contribution in [-0.2, 0) is 16.6 Å². The van der Waals surface area contributed by atoms with E-state index in [0.717, 1.165) is 5.56 Å². The van der Waals surface area contributed by atoms with Crippen LogP contribution in [0.15, 0.2) is 15.7 Å². The Bertz CT molecular complexity index is 506. The summed E-state index contributed by atoms with van der Waals surface area (Å²) >= 11 is 1.32. The fourth-order valence-electron chi connectivity index (χ4n) is 2.27. The number of rotatable bonds is 7. The lowest BCUT2D eigenvalue weighted by atomic mass is 9.85. The van der Waals surface area contributed by atoms with Crippen molar-refractivity contribution in [1.82, 2.24) is 9.62 Å². The first-order valence-corrected chi connectivity index (χ1v) is 9.12. The zero-order chi connectivity index (χ0) is 13.9. The van der Waals surface area contributed by atoms with Gasteiger partial charge in [0.05, 0.1) is 0 Å². The predicted molar refractivity (Wildman–Crippen MR) is 78.9 cm³/mol. The van der Waals surface area contributed by atoms with Gasteiger partial charge in [-0.1, -0.05) is 13.3 Å². The van der Waals surface area contributed by atoms with Crippen molar-refractivity contribution in [3.8, 4) is 0 Å². The first kappa shape index (κ1) is 15.0. The second-order valence-corrected chi connectivity index (χ2v) is 8.13. The lowest BCUT2D eigenvalue weighted by molar-refractivity contribution is 0.250. The molecular weight excluding hydrogens is 280 g/mol. The summed E-state index contributed by atoms with van der Waals surface area (Å²) in [4.78, 5) is 0. The van der Waals surface area contributed by atoms with E-state index in [2.05, 4.69) is 5.32 Å². The maximum absolute atomic E-state index is 12.6. The highest BCUT2D eigenvalue weighted by molar-refractivity contribution is 7.91. The topological polar surface area (TPSA) is 49.4 Å². The molecule has 0 radical (unpaired) electrons. The second-order valence-electron chi connectivity index (χ2n) is 5.06. The molecule has 2 rings (SSSR count). The second kappa shape index (κ2) is 6.35. The molecule has 1 heterocycles. The van der Waals surface area contributed by atoms with Crippen molar-refractivity contribution in [2.45, 2.75) is 36.9 Å². The zero-order valence-electron chi connectivity index (χ0n) is 11.6. The van der Waals surface area contributed by atoms with Crippen molar-refractivity contribution in [2.75, 3.05) is 20.1 Å². The lowest BCUT2D eigenvalue weighted by Crippen LogP contribution is -2.36. The highest BCUT2D eigenvalue weighted by Gasteiger charge is 2.29. The van der Waals surface area contributed by atoms with E-state index in [4.69, 9.17) is 0 Å². The fraction of sp³-hybridized carbons (Fsp3) is 0.692. The number of hydrogen-bond donors (Lipinski definition) is 1. The first-order valence-electron chi connectivity index (χ1n) is 6.80. The van der Waals surface area contributed by atoms with E-state index in [-0.39, 0.29) is 0 Å². The molecule has 0 atom stereocenters. The van der Waals surface area contributed by atoms with E-state index < -0.39 is 10.0 Å². The molecular formula is C13H22N2O2S2. The molecule has 0 amide bonds. The van der Waals surface area contributed by atoms with E-state index in [1.165, 1.54) is 30.6 Å². The summed E-state index contributed by atoms with van der Waals surface area (Å²) in [6.45, 7) is 3.86. The van der Waals surface area contributed by atoms with Gasteiger partial charge in [-0.2, -0.15) is 4.31 Å². The largest absolute Gasteiger partial charge is 0.316 e. The molecule has 1 fully saturated rings. The van der Waals surface area contributed by atoms with Crippen molar-refractivity contribution < 1.29 is 8.42 Å². The SMILES string of the molecule is CCN(CC1CCC1)S(=O)(=O)c1cc(CNC)cs1.